The highest BCUT2D eigenvalue weighted by molar-refractivity contribution is 5.47. The van der Waals surface area contributed by atoms with Gasteiger partial charge in [0.05, 0.1) is 17.6 Å². The molecule has 0 amide bonds. The van der Waals surface area contributed by atoms with Crippen LogP contribution in [-0.4, -0.2) is 41.6 Å². The third-order valence-corrected chi connectivity index (χ3v) is 4.51. The van der Waals surface area contributed by atoms with Gasteiger partial charge in [0.1, 0.15) is 0 Å². The molecule has 2 N–H and O–H groups in total. The molecule has 4 heteroatoms. The summed E-state index contributed by atoms with van der Waals surface area (Å²) in [6.45, 7) is 7.89. The molecule has 104 valence electrons. The normalized spacial score (nSPS) is 29.3. The van der Waals surface area contributed by atoms with Crippen LogP contribution in [0.25, 0.3) is 0 Å². The highest BCUT2D eigenvalue weighted by Crippen LogP contribution is 2.28. The molecule has 2 aliphatic rings. The van der Waals surface area contributed by atoms with Crippen molar-refractivity contribution in [3.8, 4) is 0 Å². The molecule has 2 unspecified atom stereocenters. The summed E-state index contributed by atoms with van der Waals surface area (Å²) in [4.78, 5) is 9.64. The molecule has 2 fully saturated rings. The number of nitrogens with zero attached hydrogens (tertiary/aromatic N) is 3. The van der Waals surface area contributed by atoms with Crippen LogP contribution in [0.5, 0.6) is 0 Å². The van der Waals surface area contributed by atoms with Crippen LogP contribution in [0.2, 0.25) is 0 Å². The molecule has 0 saturated carbocycles. The van der Waals surface area contributed by atoms with Gasteiger partial charge in [-0.1, -0.05) is 0 Å². The fourth-order valence-electron chi connectivity index (χ4n) is 3.38. The van der Waals surface area contributed by atoms with E-state index in [1.807, 2.05) is 13.1 Å². The Balaban J connectivity index is 1.77. The summed E-state index contributed by atoms with van der Waals surface area (Å²) in [5.74, 6) is 0. The fourth-order valence-corrected chi connectivity index (χ4v) is 3.38. The monoisotopic (exact) mass is 260 g/mol. The first-order chi connectivity index (χ1) is 9.15. The van der Waals surface area contributed by atoms with Crippen LogP contribution in [0, 0.1) is 0 Å². The average Bonchev–Trinajstić information content (AvgIpc) is 2.85. The maximum absolute atomic E-state index is 5.86. The van der Waals surface area contributed by atoms with Gasteiger partial charge in [-0.3, -0.25) is 9.88 Å². The Kier molecular flexibility index (Phi) is 3.46. The Morgan fingerprint density at radius 1 is 1.37 bits per heavy atom. The van der Waals surface area contributed by atoms with Gasteiger partial charge in [0.25, 0.3) is 0 Å². The zero-order chi connectivity index (χ0) is 13.4. The van der Waals surface area contributed by atoms with Crippen molar-refractivity contribution in [1.82, 2.24) is 9.88 Å². The molecule has 2 aliphatic heterocycles. The summed E-state index contributed by atoms with van der Waals surface area (Å²) in [6, 6.07) is 5.56. The summed E-state index contributed by atoms with van der Waals surface area (Å²) in [5.41, 5.74) is 8.06. The van der Waals surface area contributed by atoms with Crippen LogP contribution >= 0.6 is 0 Å². The Hall–Kier alpha value is -1.13. The molecular weight excluding hydrogens is 236 g/mol. The standard InChI is InChI=1S/C15H24N4/c1-11-9-18-7-3-4-14(18)10-19(11)13-5-6-15(12(2)16)17-8-13/h5-6,8,11-12,14H,3-4,7,9-10,16H2,1-2H3/t11?,12-,14?/m1/s1. The molecule has 19 heavy (non-hydrogen) atoms. The van der Waals surface area contributed by atoms with Gasteiger partial charge >= 0.3 is 0 Å². The third-order valence-electron chi connectivity index (χ3n) is 4.51. The molecule has 4 nitrogen and oxygen atoms in total. The minimum atomic E-state index is 0.0122. The zero-order valence-electron chi connectivity index (χ0n) is 11.9. The lowest BCUT2D eigenvalue weighted by molar-refractivity contribution is 0.203. The first-order valence-corrected chi connectivity index (χ1v) is 7.37. The molecule has 0 bridgehead atoms. The Labute approximate surface area is 115 Å². The number of hydrogen-bond acceptors (Lipinski definition) is 4. The van der Waals surface area contributed by atoms with Crippen LogP contribution in [0.15, 0.2) is 18.3 Å². The van der Waals surface area contributed by atoms with E-state index in [0.29, 0.717) is 6.04 Å². The number of pyridine rings is 1. The minimum Gasteiger partial charge on any atom is -0.365 e. The van der Waals surface area contributed by atoms with Crippen molar-refractivity contribution in [1.29, 1.82) is 0 Å². The predicted octanol–water partition coefficient (Wildman–Crippen LogP) is 1.77. The molecule has 2 saturated heterocycles. The van der Waals surface area contributed by atoms with Crippen LogP contribution in [-0.2, 0) is 0 Å². The second-order valence-electron chi connectivity index (χ2n) is 6.02. The lowest BCUT2D eigenvalue weighted by Crippen LogP contribution is -2.55. The number of aromatic nitrogens is 1. The van der Waals surface area contributed by atoms with Crippen LogP contribution in [0.4, 0.5) is 5.69 Å². The molecule has 0 aliphatic carbocycles. The SMILES string of the molecule is CC1CN2CCCC2CN1c1ccc([C@@H](C)N)nc1. The van der Waals surface area contributed by atoms with E-state index in [1.54, 1.807) is 0 Å². The Morgan fingerprint density at radius 3 is 2.89 bits per heavy atom. The van der Waals surface area contributed by atoms with Crippen LogP contribution in [0.3, 0.4) is 0 Å². The van der Waals surface area contributed by atoms with Crippen molar-refractivity contribution in [2.75, 3.05) is 24.5 Å². The average molecular weight is 260 g/mol. The summed E-state index contributed by atoms with van der Waals surface area (Å²) in [7, 11) is 0. The van der Waals surface area contributed by atoms with E-state index in [0.717, 1.165) is 18.3 Å². The number of hydrogen-bond donors (Lipinski definition) is 1. The predicted molar refractivity (Wildman–Crippen MR) is 78.2 cm³/mol. The van der Waals surface area contributed by atoms with Crippen molar-refractivity contribution in [3.63, 3.8) is 0 Å². The first kappa shape index (κ1) is 12.9. The third kappa shape index (κ3) is 2.47. The second-order valence-corrected chi connectivity index (χ2v) is 6.02. The van der Waals surface area contributed by atoms with Crippen molar-refractivity contribution in [2.45, 2.75) is 44.8 Å². The number of piperazine rings is 1. The first-order valence-electron chi connectivity index (χ1n) is 7.37. The lowest BCUT2D eigenvalue weighted by Gasteiger charge is -2.43. The molecule has 0 radical (unpaired) electrons. The molecular formula is C15H24N4. The minimum absolute atomic E-state index is 0.0122. The molecule has 0 spiro atoms. The van der Waals surface area contributed by atoms with Gasteiger partial charge in [-0.2, -0.15) is 0 Å². The molecule has 0 aromatic carbocycles. The second kappa shape index (κ2) is 5.10. The molecule has 1 aromatic heterocycles. The maximum Gasteiger partial charge on any atom is 0.0569 e. The van der Waals surface area contributed by atoms with E-state index in [4.69, 9.17) is 5.73 Å². The number of fused-ring (bicyclic) bond motifs is 1. The highest BCUT2D eigenvalue weighted by atomic mass is 15.3. The van der Waals surface area contributed by atoms with E-state index < -0.39 is 0 Å². The van der Waals surface area contributed by atoms with Crippen molar-refractivity contribution in [2.24, 2.45) is 5.73 Å². The number of anilines is 1. The molecule has 3 rings (SSSR count). The Bertz CT molecular complexity index is 428. The molecule has 1 aromatic rings. The zero-order valence-corrected chi connectivity index (χ0v) is 11.9. The van der Waals surface area contributed by atoms with E-state index in [2.05, 4.69) is 33.8 Å². The number of nitrogens with two attached hydrogens (primary N) is 1. The van der Waals surface area contributed by atoms with Gasteiger partial charge in [0, 0.05) is 31.2 Å². The summed E-state index contributed by atoms with van der Waals surface area (Å²) < 4.78 is 0. The molecule has 3 heterocycles. The van der Waals surface area contributed by atoms with Crippen molar-refractivity contribution < 1.29 is 0 Å². The highest BCUT2D eigenvalue weighted by Gasteiger charge is 2.34. The van der Waals surface area contributed by atoms with Gasteiger partial charge in [0.2, 0.25) is 0 Å². The van der Waals surface area contributed by atoms with Gasteiger partial charge in [0.15, 0.2) is 0 Å². The fraction of sp³-hybridized carbons (Fsp3) is 0.667. The van der Waals surface area contributed by atoms with Crippen molar-refractivity contribution in [3.05, 3.63) is 24.0 Å². The van der Waals surface area contributed by atoms with Gasteiger partial charge in [-0.05, 0) is 45.4 Å². The maximum atomic E-state index is 5.86. The van der Waals surface area contributed by atoms with Crippen LogP contribution in [0.1, 0.15) is 38.4 Å². The van der Waals surface area contributed by atoms with Gasteiger partial charge in [-0.25, -0.2) is 0 Å². The largest absolute Gasteiger partial charge is 0.365 e. The summed E-state index contributed by atoms with van der Waals surface area (Å²) >= 11 is 0. The van der Waals surface area contributed by atoms with E-state index in [9.17, 15) is 0 Å². The van der Waals surface area contributed by atoms with Gasteiger partial charge < -0.3 is 10.6 Å². The van der Waals surface area contributed by atoms with E-state index in [-0.39, 0.29) is 6.04 Å². The lowest BCUT2D eigenvalue weighted by atomic mass is 10.1. The van der Waals surface area contributed by atoms with E-state index in [1.165, 1.54) is 31.6 Å². The topological polar surface area (TPSA) is 45.4 Å². The van der Waals surface area contributed by atoms with E-state index >= 15 is 0 Å². The number of rotatable bonds is 2. The van der Waals surface area contributed by atoms with Crippen LogP contribution < -0.4 is 10.6 Å². The summed E-state index contributed by atoms with van der Waals surface area (Å²) in [6.07, 6.45) is 4.68. The molecule has 3 atom stereocenters. The smallest absolute Gasteiger partial charge is 0.0569 e. The Morgan fingerprint density at radius 2 is 2.21 bits per heavy atom. The summed E-state index contributed by atoms with van der Waals surface area (Å²) in [5, 5.41) is 0. The van der Waals surface area contributed by atoms with Gasteiger partial charge in [-0.15, -0.1) is 0 Å². The quantitative estimate of drug-likeness (QED) is 0.880. The van der Waals surface area contributed by atoms with Crippen molar-refractivity contribution >= 4 is 5.69 Å².